The van der Waals surface area contributed by atoms with Crippen LogP contribution in [0.25, 0.3) is 0 Å². The van der Waals surface area contributed by atoms with E-state index in [0.29, 0.717) is 11.2 Å². The van der Waals surface area contributed by atoms with Crippen molar-refractivity contribution in [1.82, 2.24) is 15.3 Å². The van der Waals surface area contributed by atoms with Crippen molar-refractivity contribution in [2.24, 2.45) is 0 Å². The third kappa shape index (κ3) is 2.56. The van der Waals surface area contributed by atoms with Crippen LogP contribution in [0.15, 0.2) is 12.4 Å². The SMILES string of the molecule is Clc1cc(N[C@H]2CCCNC2)ncn1. The van der Waals surface area contributed by atoms with Gasteiger partial charge in [-0.05, 0) is 19.4 Å². The van der Waals surface area contributed by atoms with Gasteiger partial charge in [-0.15, -0.1) is 0 Å². The molecule has 0 bridgehead atoms. The lowest BCUT2D eigenvalue weighted by Crippen LogP contribution is -2.38. The Labute approximate surface area is 88.1 Å². The zero-order chi connectivity index (χ0) is 9.80. The van der Waals surface area contributed by atoms with Gasteiger partial charge in [0.25, 0.3) is 0 Å². The summed E-state index contributed by atoms with van der Waals surface area (Å²) in [5, 5.41) is 7.13. The predicted octanol–water partition coefficient (Wildman–Crippen LogP) is 1.29. The number of hydrogen-bond donors (Lipinski definition) is 2. The highest BCUT2D eigenvalue weighted by atomic mass is 35.5. The highest BCUT2D eigenvalue weighted by molar-refractivity contribution is 6.29. The molecule has 1 saturated heterocycles. The van der Waals surface area contributed by atoms with E-state index < -0.39 is 0 Å². The Kier molecular flexibility index (Phi) is 3.16. The van der Waals surface area contributed by atoms with Crippen LogP contribution in [0.2, 0.25) is 5.15 Å². The summed E-state index contributed by atoms with van der Waals surface area (Å²) in [5.41, 5.74) is 0. The van der Waals surface area contributed by atoms with Crippen LogP contribution in [0.1, 0.15) is 12.8 Å². The topological polar surface area (TPSA) is 49.8 Å². The summed E-state index contributed by atoms with van der Waals surface area (Å²) in [5.74, 6) is 0.804. The fourth-order valence-corrected chi connectivity index (χ4v) is 1.74. The first-order chi connectivity index (χ1) is 6.84. The van der Waals surface area contributed by atoms with Crippen LogP contribution in [0, 0.1) is 0 Å². The molecule has 0 spiro atoms. The van der Waals surface area contributed by atoms with Crippen molar-refractivity contribution in [3.63, 3.8) is 0 Å². The Morgan fingerprint density at radius 1 is 1.50 bits per heavy atom. The first-order valence-corrected chi connectivity index (χ1v) is 5.17. The standard InChI is InChI=1S/C9H13ClN4/c10-8-4-9(13-6-12-8)14-7-2-1-3-11-5-7/h4,6-7,11H,1-3,5H2,(H,12,13,14)/t7-/m0/s1. The molecule has 1 aromatic rings. The molecule has 0 unspecified atom stereocenters. The first-order valence-electron chi connectivity index (χ1n) is 4.79. The van der Waals surface area contributed by atoms with Crippen LogP contribution in [0.5, 0.6) is 0 Å². The van der Waals surface area contributed by atoms with Gasteiger partial charge < -0.3 is 10.6 Å². The minimum Gasteiger partial charge on any atom is -0.366 e. The first kappa shape index (κ1) is 9.68. The van der Waals surface area contributed by atoms with Gasteiger partial charge in [-0.2, -0.15) is 0 Å². The van der Waals surface area contributed by atoms with Gasteiger partial charge in [0.15, 0.2) is 0 Å². The average molecular weight is 213 g/mol. The van der Waals surface area contributed by atoms with E-state index >= 15 is 0 Å². The van der Waals surface area contributed by atoms with E-state index in [1.54, 1.807) is 6.07 Å². The van der Waals surface area contributed by atoms with Gasteiger partial charge in [0, 0.05) is 18.7 Å². The quantitative estimate of drug-likeness (QED) is 0.726. The molecule has 0 radical (unpaired) electrons. The largest absolute Gasteiger partial charge is 0.366 e. The zero-order valence-corrected chi connectivity index (χ0v) is 8.59. The summed E-state index contributed by atoms with van der Waals surface area (Å²) in [6.07, 6.45) is 3.85. The highest BCUT2D eigenvalue weighted by Crippen LogP contribution is 2.12. The molecule has 1 aliphatic rings. The molecule has 5 heteroatoms. The van der Waals surface area contributed by atoms with E-state index in [4.69, 9.17) is 11.6 Å². The molecule has 14 heavy (non-hydrogen) atoms. The third-order valence-electron chi connectivity index (χ3n) is 2.28. The van der Waals surface area contributed by atoms with E-state index in [1.165, 1.54) is 19.2 Å². The minimum atomic E-state index is 0.453. The molecular formula is C9H13ClN4. The summed E-state index contributed by atoms with van der Waals surface area (Å²) >= 11 is 5.76. The van der Waals surface area contributed by atoms with Gasteiger partial charge in [-0.3, -0.25) is 0 Å². The molecule has 0 aromatic carbocycles. The average Bonchev–Trinajstić information content (AvgIpc) is 2.19. The van der Waals surface area contributed by atoms with E-state index in [-0.39, 0.29) is 0 Å². The van der Waals surface area contributed by atoms with Gasteiger partial charge >= 0.3 is 0 Å². The maximum atomic E-state index is 5.76. The summed E-state index contributed by atoms with van der Waals surface area (Å²) < 4.78 is 0. The summed E-state index contributed by atoms with van der Waals surface area (Å²) in [7, 11) is 0. The lowest BCUT2D eigenvalue weighted by Gasteiger charge is -2.24. The van der Waals surface area contributed by atoms with Crippen LogP contribution in [0.3, 0.4) is 0 Å². The number of hydrogen-bond acceptors (Lipinski definition) is 4. The van der Waals surface area contributed by atoms with Gasteiger partial charge in [-0.1, -0.05) is 11.6 Å². The Hall–Kier alpha value is -0.870. The number of anilines is 1. The highest BCUT2D eigenvalue weighted by Gasteiger charge is 2.12. The van der Waals surface area contributed by atoms with Crippen molar-refractivity contribution in [3.8, 4) is 0 Å². The number of piperidine rings is 1. The van der Waals surface area contributed by atoms with Gasteiger partial charge in [0.05, 0.1) is 0 Å². The normalized spacial score (nSPS) is 21.9. The van der Waals surface area contributed by atoms with Crippen molar-refractivity contribution >= 4 is 17.4 Å². The zero-order valence-electron chi connectivity index (χ0n) is 7.83. The molecule has 0 saturated carbocycles. The van der Waals surface area contributed by atoms with Crippen LogP contribution in [0.4, 0.5) is 5.82 Å². The number of nitrogens with one attached hydrogen (secondary N) is 2. The Bertz CT molecular complexity index is 299. The number of aromatic nitrogens is 2. The molecular weight excluding hydrogens is 200 g/mol. The molecule has 2 heterocycles. The summed E-state index contributed by atoms with van der Waals surface area (Å²) in [6.45, 7) is 2.10. The molecule has 1 atom stereocenters. The lowest BCUT2D eigenvalue weighted by atomic mass is 10.1. The van der Waals surface area contributed by atoms with Crippen molar-refractivity contribution < 1.29 is 0 Å². The van der Waals surface area contributed by atoms with Gasteiger partial charge in [0.2, 0.25) is 0 Å². The minimum absolute atomic E-state index is 0.453. The van der Waals surface area contributed by atoms with Gasteiger partial charge in [0.1, 0.15) is 17.3 Å². The molecule has 2 N–H and O–H groups in total. The van der Waals surface area contributed by atoms with E-state index in [0.717, 1.165) is 18.9 Å². The molecule has 0 aliphatic carbocycles. The fraction of sp³-hybridized carbons (Fsp3) is 0.556. The van der Waals surface area contributed by atoms with Crippen LogP contribution in [-0.2, 0) is 0 Å². The maximum Gasteiger partial charge on any atom is 0.134 e. The molecule has 76 valence electrons. The molecule has 2 rings (SSSR count). The summed E-state index contributed by atoms with van der Waals surface area (Å²) in [6, 6.07) is 2.20. The second-order valence-electron chi connectivity index (χ2n) is 3.41. The Morgan fingerprint density at radius 3 is 3.14 bits per heavy atom. The number of nitrogens with zero attached hydrogens (tertiary/aromatic N) is 2. The fourth-order valence-electron chi connectivity index (χ4n) is 1.60. The van der Waals surface area contributed by atoms with Crippen LogP contribution >= 0.6 is 11.6 Å². The molecule has 1 aliphatic heterocycles. The van der Waals surface area contributed by atoms with Crippen molar-refractivity contribution in [2.75, 3.05) is 18.4 Å². The maximum absolute atomic E-state index is 5.76. The van der Waals surface area contributed by atoms with Crippen LogP contribution in [-0.4, -0.2) is 29.1 Å². The lowest BCUT2D eigenvalue weighted by molar-refractivity contribution is 0.479. The number of rotatable bonds is 2. The molecule has 0 amide bonds. The van der Waals surface area contributed by atoms with Crippen molar-refractivity contribution in [1.29, 1.82) is 0 Å². The van der Waals surface area contributed by atoms with Gasteiger partial charge in [-0.25, -0.2) is 9.97 Å². The Morgan fingerprint density at radius 2 is 2.43 bits per heavy atom. The van der Waals surface area contributed by atoms with Crippen molar-refractivity contribution in [3.05, 3.63) is 17.5 Å². The Balaban J connectivity index is 1.95. The van der Waals surface area contributed by atoms with E-state index in [1.807, 2.05) is 0 Å². The monoisotopic (exact) mass is 212 g/mol. The van der Waals surface area contributed by atoms with E-state index in [9.17, 15) is 0 Å². The van der Waals surface area contributed by atoms with E-state index in [2.05, 4.69) is 20.6 Å². The molecule has 1 aromatic heterocycles. The second-order valence-corrected chi connectivity index (χ2v) is 3.80. The predicted molar refractivity (Wildman–Crippen MR) is 56.6 cm³/mol. The van der Waals surface area contributed by atoms with Crippen molar-refractivity contribution in [2.45, 2.75) is 18.9 Å². The third-order valence-corrected chi connectivity index (χ3v) is 2.49. The second kappa shape index (κ2) is 4.57. The number of halogens is 1. The molecule has 1 fully saturated rings. The molecule has 4 nitrogen and oxygen atoms in total. The smallest absolute Gasteiger partial charge is 0.134 e. The van der Waals surface area contributed by atoms with Crippen LogP contribution < -0.4 is 10.6 Å². The summed E-state index contributed by atoms with van der Waals surface area (Å²) in [4.78, 5) is 7.93.